The van der Waals surface area contributed by atoms with Crippen LogP contribution in [0.25, 0.3) is 0 Å². The molecule has 0 radical (unpaired) electrons. The van der Waals surface area contributed by atoms with E-state index in [1.165, 1.54) is 30.5 Å². The van der Waals surface area contributed by atoms with Crippen LogP contribution < -0.4 is 11.1 Å². The van der Waals surface area contributed by atoms with Gasteiger partial charge in [0.05, 0.1) is 0 Å². The van der Waals surface area contributed by atoms with Crippen molar-refractivity contribution in [1.82, 2.24) is 10.2 Å². The van der Waals surface area contributed by atoms with Crippen LogP contribution >= 0.6 is 0 Å². The average molecular weight is 302 g/mol. The number of hydrogen-bond acceptors (Lipinski definition) is 2. The molecule has 0 saturated carbocycles. The van der Waals surface area contributed by atoms with E-state index in [1.54, 1.807) is 0 Å². The zero-order valence-corrected chi connectivity index (χ0v) is 14.2. The van der Waals surface area contributed by atoms with Gasteiger partial charge in [0, 0.05) is 25.0 Å². The predicted molar refractivity (Wildman–Crippen MR) is 94.4 cm³/mol. The van der Waals surface area contributed by atoms with Crippen LogP contribution in [0.2, 0.25) is 0 Å². The van der Waals surface area contributed by atoms with Gasteiger partial charge in [-0.15, -0.1) is 0 Å². The molecule has 0 amide bonds. The third kappa shape index (κ3) is 4.73. The van der Waals surface area contributed by atoms with Gasteiger partial charge in [-0.1, -0.05) is 43.7 Å². The Kier molecular flexibility index (Phi) is 6.25. The molecule has 3 N–H and O–H groups in total. The second kappa shape index (κ2) is 8.18. The predicted octanol–water partition coefficient (Wildman–Crippen LogP) is 2.49. The number of likely N-dealkylation sites (tertiary alicyclic amines) is 1. The van der Waals surface area contributed by atoms with E-state index < -0.39 is 0 Å². The minimum atomic E-state index is 0.388. The van der Waals surface area contributed by atoms with E-state index >= 15 is 0 Å². The average Bonchev–Trinajstić information content (AvgIpc) is 2.98. The molecule has 1 heterocycles. The van der Waals surface area contributed by atoms with Gasteiger partial charge in [0.15, 0.2) is 5.96 Å². The van der Waals surface area contributed by atoms with E-state index in [2.05, 4.69) is 60.2 Å². The lowest BCUT2D eigenvalue weighted by molar-refractivity contribution is 0.267. The van der Waals surface area contributed by atoms with Gasteiger partial charge in [-0.05, 0) is 38.4 Å². The molecule has 22 heavy (non-hydrogen) atoms. The maximum absolute atomic E-state index is 6.01. The highest BCUT2D eigenvalue weighted by Gasteiger charge is 2.22. The molecule has 122 valence electrons. The summed E-state index contributed by atoms with van der Waals surface area (Å²) in [5.74, 6) is 0.960. The molecule has 0 aliphatic carbocycles. The Bertz CT molecular complexity index is 480. The molecule has 1 aromatic rings. The van der Waals surface area contributed by atoms with Crippen molar-refractivity contribution in [3.05, 3.63) is 35.4 Å². The Morgan fingerprint density at radius 2 is 2.14 bits per heavy atom. The molecule has 0 bridgehead atoms. The zero-order valence-electron chi connectivity index (χ0n) is 14.2. The van der Waals surface area contributed by atoms with Crippen LogP contribution in [0.1, 0.15) is 43.7 Å². The smallest absolute Gasteiger partial charge is 0.188 e. The van der Waals surface area contributed by atoms with Gasteiger partial charge in [0.2, 0.25) is 0 Å². The monoisotopic (exact) mass is 302 g/mol. The summed E-state index contributed by atoms with van der Waals surface area (Å²) in [7, 11) is 0. The lowest BCUT2D eigenvalue weighted by Crippen LogP contribution is -2.42. The molecule has 2 atom stereocenters. The van der Waals surface area contributed by atoms with Crippen molar-refractivity contribution in [2.24, 2.45) is 10.7 Å². The van der Waals surface area contributed by atoms with Gasteiger partial charge < -0.3 is 11.1 Å². The molecule has 1 fully saturated rings. The SMILES string of the molecule is CCN1CCCC1CNC(N)=NCC(C)c1ccc(C)cc1. The number of aryl methyl sites for hydroxylation is 1. The van der Waals surface area contributed by atoms with Crippen molar-refractivity contribution in [1.29, 1.82) is 0 Å². The number of aliphatic imine (C=N–C) groups is 1. The first-order valence-electron chi connectivity index (χ1n) is 8.44. The Labute approximate surface area is 134 Å². The molecule has 1 saturated heterocycles. The largest absolute Gasteiger partial charge is 0.370 e. The third-order valence-electron chi connectivity index (χ3n) is 4.61. The fourth-order valence-corrected chi connectivity index (χ4v) is 3.06. The van der Waals surface area contributed by atoms with E-state index in [1.807, 2.05) is 0 Å². The molecular weight excluding hydrogens is 272 g/mol. The van der Waals surface area contributed by atoms with Crippen molar-refractivity contribution < 1.29 is 0 Å². The van der Waals surface area contributed by atoms with E-state index in [-0.39, 0.29) is 0 Å². The Balaban J connectivity index is 1.78. The van der Waals surface area contributed by atoms with Gasteiger partial charge in [0.1, 0.15) is 0 Å². The van der Waals surface area contributed by atoms with Gasteiger partial charge in [0.25, 0.3) is 0 Å². The molecule has 2 rings (SSSR count). The van der Waals surface area contributed by atoms with E-state index in [0.717, 1.165) is 19.6 Å². The fourth-order valence-electron chi connectivity index (χ4n) is 3.06. The maximum atomic E-state index is 6.01. The number of likely N-dealkylation sites (N-methyl/N-ethyl adjacent to an activating group) is 1. The Morgan fingerprint density at radius 3 is 2.82 bits per heavy atom. The van der Waals surface area contributed by atoms with Crippen LogP contribution in [0.15, 0.2) is 29.3 Å². The quantitative estimate of drug-likeness (QED) is 0.627. The fraction of sp³-hybridized carbons (Fsp3) is 0.611. The van der Waals surface area contributed by atoms with Gasteiger partial charge in [-0.25, -0.2) is 0 Å². The standard InChI is InChI=1S/C18H30N4/c1-4-22-11-5-6-17(22)13-21-18(19)20-12-15(3)16-9-7-14(2)8-10-16/h7-10,15,17H,4-6,11-13H2,1-3H3,(H3,19,20,21). The lowest BCUT2D eigenvalue weighted by atomic mass is 10.0. The van der Waals surface area contributed by atoms with E-state index in [9.17, 15) is 0 Å². The maximum Gasteiger partial charge on any atom is 0.188 e. The second-order valence-electron chi connectivity index (χ2n) is 6.34. The zero-order chi connectivity index (χ0) is 15.9. The van der Waals surface area contributed by atoms with Crippen LogP contribution in [-0.4, -0.2) is 43.1 Å². The van der Waals surface area contributed by atoms with Gasteiger partial charge in [-0.3, -0.25) is 9.89 Å². The summed E-state index contributed by atoms with van der Waals surface area (Å²) >= 11 is 0. The van der Waals surface area contributed by atoms with Gasteiger partial charge >= 0.3 is 0 Å². The van der Waals surface area contributed by atoms with Crippen molar-refractivity contribution >= 4 is 5.96 Å². The number of rotatable bonds is 6. The topological polar surface area (TPSA) is 53.6 Å². The molecule has 1 aliphatic rings. The summed E-state index contributed by atoms with van der Waals surface area (Å²) in [6.45, 7) is 10.5. The molecule has 4 heteroatoms. The minimum absolute atomic E-state index is 0.388. The summed E-state index contributed by atoms with van der Waals surface area (Å²) in [5.41, 5.74) is 8.61. The number of hydrogen-bond donors (Lipinski definition) is 2. The van der Waals surface area contributed by atoms with E-state index in [4.69, 9.17) is 5.73 Å². The first-order chi connectivity index (χ1) is 10.6. The summed E-state index contributed by atoms with van der Waals surface area (Å²) in [5, 5.41) is 3.29. The van der Waals surface area contributed by atoms with Crippen LogP contribution in [0, 0.1) is 6.92 Å². The summed E-state index contributed by atoms with van der Waals surface area (Å²) in [6.07, 6.45) is 2.55. The lowest BCUT2D eigenvalue weighted by Gasteiger charge is -2.23. The highest BCUT2D eigenvalue weighted by Crippen LogP contribution is 2.16. The van der Waals surface area contributed by atoms with Crippen molar-refractivity contribution in [3.8, 4) is 0 Å². The summed E-state index contributed by atoms with van der Waals surface area (Å²) in [4.78, 5) is 7.01. The summed E-state index contributed by atoms with van der Waals surface area (Å²) < 4.78 is 0. The molecule has 4 nitrogen and oxygen atoms in total. The number of nitrogens with zero attached hydrogens (tertiary/aromatic N) is 2. The van der Waals surface area contributed by atoms with E-state index in [0.29, 0.717) is 17.9 Å². The molecule has 1 aromatic carbocycles. The van der Waals surface area contributed by atoms with Crippen molar-refractivity contribution in [3.63, 3.8) is 0 Å². The number of nitrogens with two attached hydrogens (primary N) is 1. The Hall–Kier alpha value is -1.55. The first-order valence-corrected chi connectivity index (χ1v) is 8.44. The number of nitrogens with one attached hydrogen (secondary N) is 1. The minimum Gasteiger partial charge on any atom is -0.370 e. The molecule has 2 unspecified atom stereocenters. The molecular formula is C18H30N4. The normalized spacial score (nSPS) is 21.0. The molecule has 0 spiro atoms. The highest BCUT2D eigenvalue weighted by atomic mass is 15.2. The third-order valence-corrected chi connectivity index (χ3v) is 4.61. The van der Waals surface area contributed by atoms with Crippen LogP contribution in [0.3, 0.4) is 0 Å². The number of guanidine groups is 1. The van der Waals surface area contributed by atoms with Crippen LogP contribution in [0.5, 0.6) is 0 Å². The van der Waals surface area contributed by atoms with Crippen LogP contribution in [0.4, 0.5) is 0 Å². The highest BCUT2D eigenvalue weighted by molar-refractivity contribution is 5.77. The van der Waals surface area contributed by atoms with Crippen molar-refractivity contribution in [2.75, 3.05) is 26.2 Å². The van der Waals surface area contributed by atoms with Crippen molar-refractivity contribution in [2.45, 2.75) is 45.6 Å². The number of benzene rings is 1. The van der Waals surface area contributed by atoms with Crippen LogP contribution in [-0.2, 0) is 0 Å². The molecule has 1 aliphatic heterocycles. The second-order valence-corrected chi connectivity index (χ2v) is 6.34. The molecule has 0 aromatic heterocycles. The Morgan fingerprint density at radius 1 is 1.41 bits per heavy atom. The van der Waals surface area contributed by atoms with Gasteiger partial charge in [-0.2, -0.15) is 0 Å². The summed E-state index contributed by atoms with van der Waals surface area (Å²) in [6, 6.07) is 9.26. The first kappa shape index (κ1) is 16.8.